The van der Waals surface area contributed by atoms with E-state index in [1.54, 1.807) is 6.07 Å². The van der Waals surface area contributed by atoms with Gasteiger partial charge in [0.25, 0.3) is 5.56 Å². The molecule has 0 amide bonds. The number of pyridine rings is 1. The molecule has 1 heterocycles. The largest absolute Gasteiger partial charge is 0.393 e. The van der Waals surface area contributed by atoms with E-state index in [4.69, 9.17) is 11.6 Å². The van der Waals surface area contributed by atoms with E-state index >= 15 is 0 Å². The molecule has 0 aliphatic heterocycles. The molecule has 0 unspecified atom stereocenters. The molecule has 54 valence electrons. The highest BCUT2D eigenvalue weighted by atomic mass is 16.1. The number of aromatic nitrogens is 1. The van der Waals surface area contributed by atoms with Gasteiger partial charge in [0.1, 0.15) is 5.69 Å². The van der Waals surface area contributed by atoms with E-state index in [9.17, 15) is 4.79 Å². The Labute approximate surface area is 57.0 Å². The second-order valence-electron chi connectivity index (χ2n) is 1.78. The lowest BCUT2D eigenvalue weighted by Gasteiger charge is -2.00. The van der Waals surface area contributed by atoms with Crippen molar-refractivity contribution in [2.24, 2.45) is 5.84 Å². The Balaban J connectivity index is 3.28. The SMILES string of the molecule is NNc1cc[nH]c(=O)c1N. The van der Waals surface area contributed by atoms with Crippen LogP contribution in [0.15, 0.2) is 17.1 Å². The van der Waals surface area contributed by atoms with Gasteiger partial charge in [-0.3, -0.25) is 10.6 Å². The van der Waals surface area contributed by atoms with Crippen LogP contribution in [0.5, 0.6) is 0 Å². The Morgan fingerprint density at radius 3 is 2.80 bits per heavy atom. The van der Waals surface area contributed by atoms with Gasteiger partial charge in [-0.05, 0) is 6.07 Å². The molecular weight excluding hydrogens is 132 g/mol. The molecule has 0 aromatic carbocycles. The van der Waals surface area contributed by atoms with Crippen molar-refractivity contribution in [1.29, 1.82) is 0 Å². The Kier molecular flexibility index (Phi) is 1.59. The number of H-pyrrole nitrogens is 1. The second kappa shape index (κ2) is 2.40. The second-order valence-corrected chi connectivity index (χ2v) is 1.78. The van der Waals surface area contributed by atoms with Crippen LogP contribution in [0.1, 0.15) is 0 Å². The molecule has 0 atom stereocenters. The number of nitrogen functional groups attached to an aromatic ring is 2. The maximum atomic E-state index is 10.7. The fourth-order valence-corrected chi connectivity index (χ4v) is 0.616. The summed E-state index contributed by atoms with van der Waals surface area (Å²) in [5, 5.41) is 0. The van der Waals surface area contributed by atoms with Crippen molar-refractivity contribution in [1.82, 2.24) is 4.98 Å². The first-order valence-electron chi connectivity index (χ1n) is 2.69. The van der Waals surface area contributed by atoms with E-state index < -0.39 is 0 Å². The van der Waals surface area contributed by atoms with Crippen molar-refractivity contribution in [2.75, 3.05) is 11.2 Å². The van der Waals surface area contributed by atoms with E-state index in [-0.39, 0.29) is 11.2 Å². The molecule has 0 aliphatic rings. The fourth-order valence-electron chi connectivity index (χ4n) is 0.616. The minimum Gasteiger partial charge on any atom is -0.393 e. The van der Waals surface area contributed by atoms with Crippen LogP contribution in [-0.4, -0.2) is 4.98 Å². The van der Waals surface area contributed by atoms with Crippen molar-refractivity contribution in [2.45, 2.75) is 0 Å². The normalized spacial score (nSPS) is 9.30. The van der Waals surface area contributed by atoms with Crippen LogP contribution in [0, 0.1) is 0 Å². The van der Waals surface area contributed by atoms with Gasteiger partial charge in [0.15, 0.2) is 0 Å². The molecule has 0 radical (unpaired) electrons. The van der Waals surface area contributed by atoms with Crippen molar-refractivity contribution >= 4 is 11.4 Å². The van der Waals surface area contributed by atoms with Crippen LogP contribution in [0.4, 0.5) is 11.4 Å². The minimum absolute atomic E-state index is 0.102. The molecule has 1 rings (SSSR count). The van der Waals surface area contributed by atoms with Crippen LogP contribution in [0.2, 0.25) is 0 Å². The van der Waals surface area contributed by atoms with Gasteiger partial charge in [-0.1, -0.05) is 0 Å². The van der Waals surface area contributed by atoms with E-state index in [1.165, 1.54) is 6.20 Å². The first-order chi connectivity index (χ1) is 4.75. The average molecular weight is 140 g/mol. The molecule has 5 nitrogen and oxygen atoms in total. The van der Waals surface area contributed by atoms with Crippen molar-refractivity contribution in [3.05, 3.63) is 22.6 Å². The number of rotatable bonds is 1. The third-order valence-corrected chi connectivity index (χ3v) is 1.15. The zero-order chi connectivity index (χ0) is 7.56. The lowest BCUT2D eigenvalue weighted by atomic mass is 10.3. The fraction of sp³-hybridized carbons (Fsp3) is 0. The van der Waals surface area contributed by atoms with E-state index in [0.29, 0.717) is 5.69 Å². The molecule has 1 aromatic rings. The maximum absolute atomic E-state index is 10.7. The summed E-state index contributed by atoms with van der Waals surface area (Å²) in [6.45, 7) is 0. The van der Waals surface area contributed by atoms with Crippen LogP contribution in [0.3, 0.4) is 0 Å². The minimum atomic E-state index is -0.338. The molecule has 1 aromatic heterocycles. The maximum Gasteiger partial charge on any atom is 0.273 e. The zero-order valence-corrected chi connectivity index (χ0v) is 5.22. The van der Waals surface area contributed by atoms with Gasteiger partial charge in [-0.2, -0.15) is 0 Å². The standard InChI is InChI=1S/C5H8N4O/c6-4-3(9-7)1-2-8-5(4)10/h1-2H,6-7H2,(H2,8,9,10). The molecule has 10 heavy (non-hydrogen) atoms. The predicted octanol–water partition coefficient (Wildman–Crippen LogP) is -0.757. The number of hydrogen-bond acceptors (Lipinski definition) is 4. The van der Waals surface area contributed by atoms with Crippen molar-refractivity contribution in [3.8, 4) is 0 Å². The quantitative estimate of drug-likeness (QED) is 0.304. The van der Waals surface area contributed by atoms with Crippen LogP contribution < -0.4 is 22.6 Å². The van der Waals surface area contributed by atoms with E-state index in [0.717, 1.165) is 0 Å². The molecule has 0 saturated carbocycles. The van der Waals surface area contributed by atoms with Gasteiger partial charge < -0.3 is 16.1 Å². The number of nitrogens with two attached hydrogens (primary N) is 2. The first-order valence-corrected chi connectivity index (χ1v) is 2.69. The Bertz CT molecular complexity index is 279. The lowest BCUT2D eigenvalue weighted by Crippen LogP contribution is -2.17. The van der Waals surface area contributed by atoms with Crippen LogP contribution in [0.25, 0.3) is 0 Å². The summed E-state index contributed by atoms with van der Waals surface area (Å²) in [5.41, 5.74) is 7.80. The molecule has 5 heteroatoms. The summed E-state index contributed by atoms with van der Waals surface area (Å²) >= 11 is 0. The molecule has 0 aliphatic carbocycles. The zero-order valence-electron chi connectivity index (χ0n) is 5.22. The summed E-state index contributed by atoms with van der Waals surface area (Å²) in [7, 11) is 0. The van der Waals surface area contributed by atoms with Crippen LogP contribution in [-0.2, 0) is 0 Å². The average Bonchev–Trinajstić information content (AvgIpc) is 1.95. The summed E-state index contributed by atoms with van der Waals surface area (Å²) in [5.74, 6) is 5.04. The van der Waals surface area contributed by atoms with Gasteiger partial charge in [-0.15, -0.1) is 0 Å². The van der Waals surface area contributed by atoms with Gasteiger partial charge in [0.05, 0.1) is 5.69 Å². The highest BCUT2D eigenvalue weighted by Gasteiger charge is 1.97. The van der Waals surface area contributed by atoms with Gasteiger partial charge in [0.2, 0.25) is 0 Å². The number of nitrogens with one attached hydrogen (secondary N) is 2. The van der Waals surface area contributed by atoms with E-state index in [1.807, 2.05) is 0 Å². The number of hydrogen-bond donors (Lipinski definition) is 4. The number of hydrazine groups is 1. The molecule has 0 fully saturated rings. The third kappa shape index (κ3) is 0.939. The number of anilines is 2. The summed E-state index contributed by atoms with van der Waals surface area (Å²) in [4.78, 5) is 13.1. The number of aromatic amines is 1. The monoisotopic (exact) mass is 140 g/mol. The van der Waals surface area contributed by atoms with Crippen LogP contribution >= 0.6 is 0 Å². The Hall–Kier alpha value is -1.49. The smallest absolute Gasteiger partial charge is 0.273 e. The topological polar surface area (TPSA) is 96.9 Å². The molecular formula is C5H8N4O. The molecule has 0 bridgehead atoms. The summed E-state index contributed by atoms with van der Waals surface area (Å²) in [6.07, 6.45) is 1.47. The van der Waals surface area contributed by atoms with Crippen molar-refractivity contribution < 1.29 is 0 Å². The van der Waals surface area contributed by atoms with Gasteiger partial charge in [-0.25, -0.2) is 0 Å². The lowest BCUT2D eigenvalue weighted by molar-refractivity contribution is 1.22. The third-order valence-electron chi connectivity index (χ3n) is 1.15. The highest BCUT2D eigenvalue weighted by Crippen LogP contribution is 2.07. The van der Waals surface area contributed by atoms with Gasteiger partial charge >= 0.3 is 0 Å². The van der Waals surface area contributed by atoms with E-state index in [2.05, 4.69) is 10.4 Å². The molecule has 0 spiro atoms. The van der Waals surface area contributed by atoms with Crippen molar-refractivity contribution in [3.63, 3.8) is 0 Å². The summed E-state index contributed by atoms with van der Waals surface area (Å²) < 4.78 is 0. The highest BCUT2D eigenvalue weighted by molar-refractivity contribution is 5.63. The Morgan fingerprint density at radius 1 is 1.60 bits per heavy atom. The van der Waals surface area contributed by atoms with Gasteiger partial charge in [0, 0.05) is 6.20 Å². The Morgan fingerprint density at radius 2 is 2.30 bits per heavy atom. The summed E-state index contributed by atoms with van der Waals surface area (Å²) in [6, 6.07) is 1.58. The predicted molar refractivity (Wildman–Crippen MR) is 39.3 cm³/mol. The first kappa shape index (κ1) is 6.63. The molecule has 0 saturated heterocycles. The molecule has 6 N–H and O–H groups in total.